The summed E-state index contributed by atoms with van der Waals surface area (Å²) in [5, 5.41) is 5.65. The average molecular weight is 371 g/mol. The first-order valence-corrected chi connectivity index (χ1v) is 8.28. The van der Waals surface area contributed by atoms with Crippen molar-refractivity contribution in [2.75, 3.05) is 10.6 Å². The lowest BCUT2D eigenvalue weighted by Gasteiger charge is -2.08. The Bertz CT molecular complexity index is 948. The van der Waals surface area contributed by atoms with Crippen molar-refractivity contribution in [1.29, 1.82) is 0 Å². The minimum atomic E-state index is -0.547. The molecule has 1 amide bonds. The summed E-state index contributed by atoms with van der Waals surface area (Å²) in [4.78, 5) is 20.6. The van der Waals surface area contributed by atoms with Gasteiger partial charge in [-0.25, -0.2) is 14.4 Å². The maximum atomic E-state index is 13.2. The zero-order valence-electron chi connectivity index (χ0n) is 14.0. The number of anilines is 2. The van der Waals surface area contributed by atoms with Crippen LogP contribution in [-0.4, -0.2) is 15.9 Å². The van der Waals surface area contributed by atoms with Gasteiger partial charge in [0.05, 0.1) is 5.02 Å². The van der Waals surface area contributed by atoms with Crippen LogP contribution in [0.1, 0.15) is 21.6 Å². The third-order valence-electron chi connectivity index (χ3n) is 3.60. The van der Waals surface area contributed by atoms with Gasteiger partial charge in [-0.15, -0.1) is 0 Å². The number of hydrogen-bond acceptors (Lipinski definition) is 4. The number of amides is 1. The molecule has 0 atom stereocenters. The fraction of sp³-hybridized carbons (Fsp3) is 0.105. The van der Waals surface area contributed by atoms with Crippen LogP contribution in [-0.2, 0) is 6.54 Å². The minimum absolute atomic E-state index is 0.0639. The molecule has 5 nitrogen and oxygen atoms in total. The highest BCUT2D eigenvalue weighted by Crippen LogP contribution is 2.19. The van der Waals surface area contributed by atoms with Crippen LogP contribution in [0.3, 0.4) is 0 Å². The maximum Gasteiger partial charge on any atom is 0.274 e. The number of hydrogen-bond donors (Lipinski definition) is 2. The number of carbonyl (C=O) groups is 1. The highest BCUT2D eigenvalue weighted by atomic mass is 35.5. The summed E-state index contributed by atoms with van der Waals surface area (Å²) in [5.74, 6) is -0.640. The van der Waals surface area contributed by atoms with Crippen LogP contribution in [0.5, 0.6) is 0 Å². The Morgan fingerprint density at radius 3 is 2.81 bits per heavy atom. The molecular formula is C19H16ClFN4O. The zero-order chi connectivity index (χ0) is 18.5. The molecule has 0 saturated carbocycles. The molecule has 0 aliphatic carbocycles. The molecule has 2 N–H and O–H groups in total. The number of nitrogens with one attached hydrogen (secondary N) is 2. The van der Waals surface area contributed by atoms with Gasteiger partial charge in [-0.3, -0.25) is 4.79 Å². The van der Waals surface area contributed by atoms with Crippen LogP contribution in [0.2, 0.25) is 5.02 Å². The van der Waals surface area contributed by atoms with E-state index < -0.39 is 11.7 Å². The first kappa shape index (κ1) is 17.8. The molecule has 0 aliphatic rings. The molecule has 1 heterocycles. The third kappa shape index (κ3) is 4.55. The summed E-state index contributed by atoms with van der Waals surface area (Å²) >= 11 is 5.72. The van der Waals surface area contributed by atoms with Gasteiger partial charge in [-0.05, 0) is 36.8 Å². The fourth-order valence-electron chi connectivity index (χ4n) is 2.34. The lowest BCUT2D eigenvalue weighted by molar-refractivity contribution is 0.102. The van der Waals surface area contributed by atoms with E-state index in [0.717, 1.165) is 11.1 Å². The predicted molar refractivity (Wildman–Crippen MR) is 99.9 cm³/mol. The summed E-state index contributed by atoms with van der Waals surface area (Å²) in [6, 6.07) is 13.5. The number of carbonyl (C=O) groups excluding carboxylic acids is 1. The lowest BCUT2D eigenvalue weighted by atomic mass is 10.1. The van der Waals surface area contributed by atoms with Crippen molar-refractivity contribution in [3.05, 3.63) is 82.4 Å². The largest absolute Gasteiger partial charge is 0.350 e. The van der Waals surface area contributed by atoms with Crippen LogP contribution < -0.4 is 10.6 Å². The van der Waals surface area contributed by atoms with E-state index in [-0.39, 0.29) is 10.7 Å². The molecule has 132 valence electrons. The molecule has 0 spiro atoms. The Balaban J connectivity index is 1.67. The summed E-state index contributed by atoms with van der Waals surface area (Å²) < 4.78 is 13.2. The Kier molecular flexibility index (Phi) is 5.43. The van der Waals surface area contributed by atoms with Crippen LogP contribution in [0.15, 0.2) is 54.7 Å². The predicted octanol–water partition coefficient (Wildman–Crippen LogP) is 4.44. The Hall–Kier alpha value is -2.99. The molecule has 1 aromatic heterocycles. The molecule has 0 saturated heterocycles. The maximum absolute atomic E-state index is 13.2. The van der Waals surface area contributed by atoms with Gasteiger partial charge in [0.25, 0.3) is 5.91 Å². The second-order valence-corrected chi connectivity index (χ2v) is 6.10. The van der Waals surface area contributed by atoms with Crippen LogP contribution in [0, 0.1) is 12.7 Å². The first-order chi connectivity index (χ1) is 12.5. The lowest BCUT2D eigenvalue weighted by Crippen LogP contribution is -2.15. The topological polar surface area (TPSA) is 66.9 Å². The van der Waals surface area contributed by atoms with Crippen molar-refractivity contribution < 1.29 is 9.18 Å². The minimum Gasteiger partial charge on any atom is -0.350 e. The summed E-state index contributed by atoms with van der Waals surface area (Å²) in [6.45, 7) is 2.56. The van der Waals surface area contributed by atoms with E-state index >= 15 is 0 Å². The Morgan fingerprint density at radius 1 is 1.19 bits per heavy atom. The summed E-state index contributed by atoms with van der Waals surface area (Å²) in [7, 11) is 0. The first-order valence-electron chi connectivity index (χ1n) is 7.90. The molecule has 0 fully saturated rings. The summed E-state index contributed by atoms with van der Waals surface area (Å²) in [6.07, 6.45) is 1.50. The Morgan fingerprint density at radius 2 is 2.04 bits per heavy atom. The van der Waals surface area contributed by atoms with Crippen molar-refractivity contribution in [2.24, 2.45) is 0 Å². The fourth-order valence-corrected chi connectivity index (χ4v) is 2.52. The molecular weight excluding hydrogens is 355 g/mol. The van der Waals surface area contributed by atoms with Gasteiger partial charge in [-0.2, -0.15) is 0 Å². The van der Waals surface area contributed by atoms with Crippen LogP contribution >= 0.6 is 11.6 Å². The number of halogens is 2. The van der Waals surface area contributed by atoms with E-state index in [2.05, 4.69) is 26.7 Å². The highest BCUT2D eigenvalue weighted by Gasteiger charge is 2.10. The molecule has 0 aliphatic heterocycles. The van der Waals surface area contributed by atoms with Crippen LogP contribution in [0.4, 0.5) is 16.0 Å². The van der Waals surface area contributed by atoms with Crippen LogP contribution in [0.25, 0.3) is 0 Å². The van der Waals surface area contributed by atoms with Gasteiger partial charge in [0.15, 0.2) is 0 Å². The van der Waals surface area contributed by atoms with E-state index in [4.69, 9.17) is 11.6 Å². The second kappa shape index (κ2) is 7.93. The van der Waals surface area contributed by atoms with Gasteiger partial charge in [0.2, 0.25) is 5.95 Å². The molecule has 26 heavy (non-hydrogen) atoms. The SMILES string of the molecule is Cc1cccc(CNc2nccc(C(=O)Nc3ccc(F)c(Cl)c3)n2)c1. The normalized spacial score (nSPS) is 10.4. The van der Waals surface area contributed by atoms with E-state index in [9.17, 15) is 9.18 Å². The second-order valence-electron chi connectivity index (χ2n) is 5.69. The van der Waals surface area contributed by atoms with E-state index in [0.29, 0.717) is 18.2 Å². The molecule has 2 aromatic carbocycles. The highest BCUT2D eigenvalue weighted by molar-refractivity contribution is 6.31. The van der Waals surface area contributed by atoms with Crippen molar-refractivity contribution in [2.45, 2.75) is 13.5 Å². The Labute approximate surface area is 155 Å². The van der Waals surface area contributed by atoms with Crippen molar-refractivity contribution in [1.82, 2.24) is 9.97 Å². The third-order valence-corrected chi connectivity index (χ3v) is 3.89. The number of aryl methyl sites for hydroxylation is 1. The average Bonchev–Trinajstić information content (AvgIpc) is 2.63. The van der Waals surface area contributed by atoms with Gasteiger partial charge in [0, 0.05) is 18.4 Å². The standard InChI is InChI=1S/C19H16ClFN4O/c1-12-3-2-4-13(9-12)11-23-19-22-8-7-17(25-19)18(26)24-14-5-6-16(21)15(20)10-14/h2-10H,11H2,1H3,(H,24,26)(H,22,23,25). The molecule has 0 unspecified atom stereocenters. The van der Waals surface area contributed by atoms with Gasteiger partial charge in [-0.1, -0.05) is 41.4 Å². The van der Waals surface area contributed by atoms with Crippen molar-refractivity contribution in [3.8, 4) is 0 Å². The zero-order valence-corrected chi connectivity index (χ0v) is 14.7. The molecule has 0 bridgehead atoms. The monoisotopic (exact) mass is 370 g/mol. The number of nitrogens with zero attached hydrogens (tertiary/aromatic N) is 2. The molecule has 3 rings (SSSR count). The molecule has 7 heteroatoms. The summed E-state index contributed by atoms with van der Waals surface area (Å²) in [5.41, 5.74) is 2.82. The molecule has 3 aromatic rings. The van der Waals surface area contributed by atoms with Crippen molar-refractivity contribution >= 4 is 29.1 Å². The van der Waals surface area contributed by atoms with Crippen molar-refractivity contribution in [3.63, 3.8) is 0 Å². The number of rotatable bonds is 5. The molecule has 0 radical (unpaired) electrons. The van der Waals surface area contributed by atoms with E-state index in [1.165, 1.54) is 30.5 Å². The smallest absolute Gasteiger partial charge is 0.274 e. The van der Waals surface area contributed by atoms with E-state index in [1.807, 2.05) is 25.1 Å². The van der Waals surface area contributed by atoms with Gasteiger partial charge < -0.3 is 10.6 Å². The van der Waals surface area contributed by atoms with Gasteiger partial charge >= 0.3 is 0 Å². The quantitative estimate of drug-likeness (QED) is 0.696. The number of benzene rings is 2. The van der Waals surface area contributed by atoms with E-state index in [1.54, 1.807) is 0 Å². The number of aromatic nitrogens is 2. The van der Waals surface area contributed by atoms with Gasteiger partial charge in [0.1, 0.15) is 11.5 Å².